The summed E-state index contributed by atoms with van der Waals surface area (Å²) >= 11 is 0. The van der Waals surface area contributed by atoms with Gasteiger partial charge in [0.15, 0.2) is 0 Å². The molecule has 1 atom stereocenters. The molecular formula is C14H14F2N2O3. The Labute approximate surface area is 120 Å². The molecular weight excluding hydrogens is 282 g/mol. The van der Waals surface area contributed by atoms with Gasteiger partial charge in [0.25, 0.3) is 0 Å². The second kappa shape index (κ2) is 5.90. The summed E-state index contributed by atoms with van der Waals surface area (Å²) < 4.78 is 31.8. The quantitative estimate of drug-likeness (QED) is 0.840. The molecule has 5 nitrogen and oxygen atoms in total. The number of halogens is 2. The highest BCUT2D eigenvalue weighted by molar-refractivity contribution is 5.95. The number of ether oxygens (including phenoxy) is 1. The Morgan fingerprint density at radius 1 is 1.38 bits per heavy atom. The second-order valence-electron chi connectivity index (χ2n) is 4.46. The molecule has 0 aliphatic carbocycles. The third kappa shape index (κ3) is 3.01. The lowest BCUT2D eigenvalue weighted by atomic mass is 9.95. The number of urea groups is 1. The Bertz CT molecular complexity index is 629. The van der Waals surface area contributed by atoms with Crippen molar-refractivity contribution in [2.45, 2.75) is 19.9 Å². The van der Waals surface area contributed by atoms with E-state index in [9.17, 15) is 18.4 Å². The highest BCUT2D eigenvalue weighted by atomic mass is 19.1. The van der Waals surface area contributed by atoms with Gasteiger partial charge in [-0.3, -0.25) is 0 Å². The molecule has 1 heterocycles. The van der Waals surface area contributed by atoms with Crippen LogP contribution in [0.4, 0.5) is 13.6 Å². The minimum atomic E-state index is -1.03. The standard InChI is InChI=1S/C14H14F2N2O3/c1-3-21-13(19)11-7(2)17-14(20)18-12(11)9-5-4-8(15)6-10(9)16/h4-6,12H,3H2,1-2H3,(H2,17,18,20)/t12-/m1/s1. The summed E-state index contributed by atoms with van der Waals surface area (Å²) in [5.74, 6) is -2.26. The minimum absolute atomic E-state index is 0.00588. The molecule has 0 bridgehead atoms. The van der Waals surface area contributed by atoms with Gasteiger partial charge in [-0.15, -0.1) is 0 Å². The number of hydrogen-bond donors (Lipinski definition) is 2. The molecule has 1 aromatic carbocycles. The first kappa shape index (κ1) is 15.0. The number of carbonyl (C=O) groups excluding carboxylic acids is 2. The van der Waals surface area contributed by atoms with E-state index in [0.29, 0.717) is 6.07 Å². The zero-order chi connectivity index (χ0) is 15.6. The molecule has 7 heteroatoms. The molecule has 2 rings (SSSR count). The van der Waals surface area contributed by atoms with E-state index in [4.69, 9.17) is 4.74 Å². The van der Waals surface area contributed by atoms with Crippen LogP contribution in [0.3, 0.4) is 0 Å². The van der Waals surface area contributed by atoms with Crippen molar-refractivity contribution in [3.63, 3.8) is 0 Å². The van der Waals surface area contributed by atoms with Crippen molar-refractivity contribution in [2.75, 3.05) is 6.61 Å². The third-order valence-electron chi connectivity index (χ3n) is 3.04. The van der Waals surface area contributed by atoms with E-state index in [0.717, 1.165) is 6.07 Å². The SMILES string of the molecule is CCOC(=O)C1=C(C)NC(=O)N[C@@H]1c1ccc(F)cc1F. The van der Waals surface area contributed by atoms with Gasteiger partial charge in [-0.2, -0.15) is 0 Å². The van der Waals surface area contributed by atoms with Crippen molar-refractivity contribution in [3.8, 4) is 0 Å². The van der Waals surface area contributed by atoms with E-state index < -0.39 is 29.7 Å². The van der Waals surface area contributed by atoms with E-state index in [-0.39, 0.29) is 23.4 Å². The van der Waals surface area contributed by atoms with Gasteiger partial charge < -0.3 is 15.4 Å². The molecule has 0 unspecified atom stereocenters. The summed E-state index contributed by atoms with van der Waals surface area (Å²) in [5.41, 5.74) is 0.349. The first-order chi connectivity index (χ1) is 9.93. The lowest BCUT2D eigenvalue weighted by molar-refractivity contribution is -0.139. The number of allylic oxidation sites excluding steroid dienone is 1. The van der Waals surface area contributed by atoms with Crippen LogP contribution >= 0.6 is 0 Å². The summed E-state index contributed by atoms with van der Waals surface area (Å²) in [6.45, 7) is 3.29. The van der Waals surface area contributed by atoms with E-state index in [1.807, 2.05) is 0 Å². The third-order valence-corrected chi connectivity index (χ3v) is 3.04. The van der Waals surface area contributed by atoms with Gasteiger partial charge in [0, 0.05) is 17.3 Å². The van der Waals surface area contributed by atoms with E-state index >= 15 is 0 Å². The summed E-state index contributed by atoms with van der Waals surface area (Å²) in [6.07, 6.45) is 0. The predicted molar refractivity (Wildman–Crippen MR) is 70.1 cm³/mol. The highest BCUT2D eigenvalue weighted by Gasteiger charge is 2.33. The fourth-order valence-corrected chi connectivity index (χ4v) is 2.14. The molecule has 1 aliphatic rings. The van der Waals surface area contributed by atoms with Gasteiger partial charge in [-0.25, -0.2) is 18.4 Å². The Hall–Kier alpha value is -2.44. The Balaban J connectivity index is 2.49. The molecule has 2 amide bonds. The topological polar surface area (TPSA) is 67.4 Å². The number of rotatable bonds is 3. The van der Waals surface area contributed by atoms with Gasteiger partial charge in [0.1, 0.15) is 11.6 Å². The average molecular weight is 296 g/mol. The van der Waals surface area contributed by atoms with Crippen molar-refractivity contribution in [1.29, 1.82) is 0 Å². The van der Waals surface area contributed by atoms with Crippen LogP contribution in [-0.2, 0) is 9.53 Å². The Morgan fingerprint density at radius 2 is 2.10 bits per heavy atom. The monoisotopic (exact) mass is 296 g/mol. The smallest absolute Gasteiger partial charge is 0.338 e. The van der Waals surface area contributed by atoms with Gasteiger partial charge in [0.2, 0.25) is 0 Å². The fraction of sp³-hybridized carbons (Fsp3) is 0.286. The normalized spacial score (nSPS) is 18.1. The maximum atomic E-state index is 13.9. The first-order valence-electron chi connectivity index (χ1n) is 6.34. The molecule has 0 spiro atoms. The average Bonchev–Trinajstić information content (AvgIpc) is 2.37. The highest BCUT2D eigenvalue weighted by Crippen LogP contribution is 2.29. The molecule has 0 saturated heterocycles. The van der Waals surface area contributed by atoms with Crippen LogP contribution in [0.5, 0.6) is 0 Å². The number of esters is 1. The number of amides is 2. The number of carbonyl (C=O) groups is 2. The minimum Gasteiger partial charge on any atom is -0.463 e. The van der Waals surface area contributed by atoms with Gasteiger partial charge in [0.05, 0.1) is 18.2 Å². The predicted octanol–water partition coefficient (Wildman–Crippen LogP) is 2.16. The maximum Gasteiger partial charge on any atom is 0.338 e. The van der Waals surface area contributed by atoms with E-state index in [2.05, 4.69) is 10.6 Å². The van der Waals surface area contributed by atoms with Crippen molar-refractivity contribution >= 4 is 12.0 Å². The fourth-order valence-electron chi connectivity index (χ4n) is 2.14. The summed E-state index contributed by atoms with van der Waals surface area (Å²) in [4.78, 5) is 23.6. The van der Waals surface area contributed by atoms with E-state index in [1.165, 1.54) is 13.0 Å². The van der Waals surface area contributed by atoms with Gasteiger partial charge >= 0.3 is 12.0 Å². The molecule has 0 fully saturated rings. The van der Waals surface area contributed by atoms with Crippen molar-refractivity contribution in [2.24, 2.45) is 0 Å². The second-order valence-corrected chi connectivity index (χ2v) is 4.46. The van der Waals surface area contributed by atoms with Crippen LogP contribution in [-0.4, -0.2) is 18.6 Å². The summed E-state index contributed by atoms with van der Waals surface area (Å²) in [5, 5.41) is 4.87. The molecule has 112 valence electrons. The van der Waals surface area contributed by atoms with Crippen LogP contribution in [0.2, 0.25) is 0 Å². The van der Waals surface area contributed by atoms with Crippen LogP contribution < -0.4 is 10.6 Å². The number of nitrogens with one attached hydrogen (secondary N) is 2. The first-order valence-corrected chi connectivity index (χ1v) is 6.34. The lowest BCUT2D eigenvalue weighted by Crippen LogP contribution is -2.45. The molecule has 0 saturated carbocycles. The van der Waals surface area contributed by atoms with Crippen molar-refractivity contribution < 1.29 is 23.1 Å². The van der Waals surface area contributed by atoms with Crippen LogP contribution in [0.15, 0.2) is 29.5 Å². The number of benzene rings is 1. The molecule has 1 aromatic rings. The molecule has 0 aromatic heterocycles. The zero-order valence-corrected chi connectivity index (χ0v) is 11.5. The summed E-state index contributed by atoms with van der Waals surface area (Å²) in [6, 6.07) is 1.34. The molecule has 1 aliphatic heterocycles. The molecule has 21 heavy (non-hydrogen) atoms. The van der Waals surface area contributed by atoms with E-state index in [1.54, 1.807) is 6.92 Å². The zero-order valence-electron chi connectivity index (χ0n) is 11.5. The van der Waals surface area contributed by atoms with Crippen LogP contribution in [0, 0.1) is 11.6 Å². The lowest BCUT2D eigenvalue weighted by Gasteiger charge is -2.28. The van der Waals surface area contributed by atoms with Gasteiger partial charge in [-0.05, 0) is 19.9 Å². The van der Waals surface area contributed by atoms with Gasteiger partial charge in [-0.1, -0.05) is 6.07 Å². The maximum absolute atomic E-state index is 13.9. The molecule has 2 N–H and O–H groups in total. The van der Waals surface area contributed by atoms with Crippen molar-refractivity contribution in [1.82, 2.24) is 10.6 Å². The summed E-state index contributed by atoms with van der Waals surface area (Å²) in [7, 11) is 0. The Kier molecular flexibility index (Phi) is 4.21. The largest absolute Gasteiger partial charge is 0.463 e. The van der Waals surface area contributed by atoms with Crippen LogP contribution in [0.25, 0.3) is 0 Å². The number of hydrogen-bond acceptors (Lipinski definition) is 3. The molecule has 0 radical (unpaired) electrons. The van der Waals surface area contributed by atoms with Crippen LogP contribution in [0.1, 0.15) is 25.5 Å². The Morgan fingerprint density at radius 3 is 2.71 bits per heavy atom. The van der Waals surface area contributed by atoms with Crippen molar-refractivity contribution in [3.05, 3.63) is 46.7 Å².